The van der Waals surface area contributed by atoms with E-state index < -0.39 is 0 Å². The number of methoxy groups -OCH3 is 1. The summed E-state index contributed by atoms with van der Waals surface area (Å²) in [5.41, 5.74) is 0. The van der Waals surface area contributed by atoms with E-state index in [0.717, 1.165) is 19.1 Å². The topological polar surface area (TPSA) is 24.5 Å². The molecule has 3 heteroatoms. The van der Waals surface area contributed by atoms with Crippen molar-refractivity contribution in [2.24, 2.45) is 5.92 Å². The highest BCUT2D eigenvalue weighted by atomic mass is 16.5. The minimum absolute atomic E-state index is 0.584. The molecule has 1 aliphatic heterocycles. The summed E-state index contributed by atoms with van der Waals surface area (Å²) in [6.07, 6.45) is 4.05. The van der Waals surface area contributed by atoms with Crippen molar-refractivity contribution in [2.45, 2.75) is 32.2 Å². The second-order valence-corrected chi connectivity index (χ2v) is 4.68. The molecule has 15 heavy (non-hydrogen) atoms. The highest BCUT2D eigenvalue weighted by Gasteiger charge is 2.21. The van der Waals surface area contributed by atoms with Crippen molar-refractivity contribution in [3.8, 4) is 0 Å². The Hall–Kier alpha value is -0.120. The Bertz CT molecular complexity index is 156. The second kappa shape index (κ2) is 7.20. The largest absolute Gasteiger partial charge is 0.383 e. The molecule has 0 amide bonds. The number of likely N-dealkylation sites (tertiary alicyclic amines) is 1. The molecule has 0 aromatic rings. The van der Waals surface area contributed by atoms with Crippen LogP contribution in [0.4, 0.5) is 0 Å². The van der Waals surface area contributed by atoms with Gasteiger partial charge in [0.2, 0.25) is 0 Å². The van der Waals surface area contributed by atoms with Gasteiger partial charge in [0, 0.05) is 13.2 Å². The van der Waals surface area contributed by atoms with E-state index in [2.05, 4.69) is 17.1 Å². The van der Waals surface area contributed by atoms with Crippen LogP contribution in [0.3, 0.4) is 0 Å². The number of rotatable bonds is 6. The molecule has 3 nitrogen and oxygen atoms in total. The molecular weight excluding hydrogens is 188 g/mol. The normalized spacial score (nSPS) is 21.8. The predicted octanol–water partition coefficient (Wildman–Crippen LogP) is 1.34. The number of nitrogens with zero attached hydrogens (tertiary/aromatic N) is 1. The molecule has 1 unspecified atom stereocenters. The fourth-order valence-corrected chi connectivity index (χ4v) is 2.38. The van der Waals surface area contributed by atoms with Crippen LogP contribution in [0, 0.1) is 5.92 Å². The van der Waals surface area contributed by atoms with E-state index in [1.807, 2.05) is 7.05 Å². The lowest BCUT2D eigenvalue weighted by Crippen LogP contribution is -2.42. The molecule has 0 bridgehead atoms. The Morgan fingerprint density at radius 1 is 1.40 bits per heavy atom. The molecule has 0 aromatic carbocycles. The van der Waals surface area contributed by atoms with E-state index in [1.54, 1.807) is 7.11 Å². The van der Waals surface area contributed by atoms with Crippen molar-refractivity contribution in [2.75, 3.05) is 40.4 Å². The zero-order valence-corrected chi connectivity index (χ0v) is 10.5. The first-order valence-corrected chi connectivity index (χ1v) is 6.15. The summed E-state index contributed by atoms with van der Waals surface area (Å²) in [7, 11) is 3.83. The van der Waals surface area contributed by atoms with Crippen LogP contribution in [0.1, 0.15) is 26.2 Å². The van der Waals surface area contributed by atoms with Gasteiger partial charge in [-0.1, -0.05) is 0 Å². The van der Waals surface area contributed by atoms with Gasteiger partial charge in [0.05, 0.1) is 6.61 Å². The van der Waals surface area contributed by atoms with E-state index in [4.69, 9.17) is 4.74 Å². The number of nitrogens with one attached hydrogen (secondary N) is 1. The summed E-state index contributed by atoms with van der Waals surface area (Å²) in [6, 6.07) is 0.584. The van der Waals surface area contributed by atoms with E-state index in [1.165, 1.54) is 32.4 Å². The van der Waals surface area contributed by atoms with Crippen molar-refractivity contribution in [3.63, 3.8) is 0 Å². The second-order valence-electron chi connectivity index (χ2n) is 4.68. The van der Waals surface area contributed by atoms with Crippen LogP contribution >= 0.6 is 0 Å². The van der Waals surface area contributed by atoms with Gasteiger partial charge in [-0.05, 0) is 58.8 Å². The quantitative estimate of drug-likeness (QED) is 0.722. The summed E-state index contributed by atoms with van der Waals surface area (Å²) in [6.45, 7) is 6.79. The van der Waals surface area contributed by atoms with Gasteiger partial charge in [-0.15, -0.1) is 0 Å². The molecular formula is C12H26N2O. The van der Waals surface area contributed by atoms with Crippen molar-refractivity contribution in [1.82, 2.24) is 10.2 Å². The molecule has 1 saturated heterocycles. The van der Waals surface area contributed by atoms with Crippen molar-refractivity contribution >= 4 is 0 Å². The Balaban J connectivity index is 2.17. The van der Waals surface area contributed by atoms with Gasteiger partial charge in [-0.3, -0.25) is 4.90 Å². The van der Waals surface area contributed by atoms with Crippen LogP contribution in [-0.2, 0) is 4.74 Å². The molecule has 0 radical (unpaired) electrons. The van der Waals surface area contributed by atoms with E-state index in [9.17, 15) is 0 Å². The van der Waals surface area contributed by atoms with Gasteiger partial charge in [-0.25, -0.2) is 0 Å². The lowest BCUT2D eigenvalue weighted by Gasteiger charge is -2.35. The van der Waals surface area contributed by atoms with E-state index in [0.29, 0.717) is 6.04 Å². The fraction of sp³-hybridized carbons (Fsp3) is 1.00. The van der Waals surface area contributed by atoms with E-state index >= 15 is 0 Å². The summed E-state index contributed by atoms with van der Waals surface area (Å²) in [5, 5.41) is 3.24. The first-order valence-electron chi connectivity index (χ1n) is 6.15. The molecule has 1 rings (SSSR count). The van der Waals surface area contributed by atoms with Crippen LogP contribution in [0.2, 0.25) is 0 Å². The molecule has 0 spiro atoms. The smallest absolute Gasteiger partial charge is 0.0615 e. The zero-order valence-electron chi connectivity index (χ0n) is 10.5. The molecule has 0 aromatic heterocycles. The third-order valence-electron chi connectivity index (χ3n) is 3.48. The van der Waals surface area contributed by atoms with Crippen molar-refractivity contribution in [1.29, 1.82) is 0 Å². The molecule has 1 N–H and O–H groups in total. The van der Waals surface area contributed by atoms with Gasteiger partial charge in [0.25, 0.3) is 0 Å². The van der Waals surface area contributed by atoms with Crippen LogP contribution in [0.15, 0.2) is 0 Å². The Morgan fingerprint density at radius 3 is 2.60 bits per heavy atom. The molecule has 0 saturated carbocycles. The fourth-order valence-electron chi connectivity index (χ4n) is 2.38. The molecule has 1 heterocycles. The summed E-state index contributed by atoms with van der Waals surface area (Å²) >= 11 is 0. The van der Waals surface area contributed by atoms with Gasteiger partial charge < -0.3 is 10.1 Å². The summed E-state index contributed by atoms with van der Waals surface area (Å²) in [5.74, 6) is 0.934. The summed E-state index contributed by atoms with van der Waals surface area (Å²) < 4.78 is 5.20. The van der Waals surface area contributed by atoms with Crippen LogP contribution in [-0.4, -0.2) is 51.3 Å². The summed E-state index contributed by atoms with van der Waals surface area (Å²) in [4.78, 5) is 2.55. The van der Waals surface area contributed by atoms with Gasteiger partial charge >= 0.3 is 0 Å². The van der Waals surface area contributed by atoms with Crippen molar-refractivity contribution in [3.05, 3.63) is 0 Å². The van der Waals surface area contributed by atoms with Gasteiger partial charge in [0.1, 0.15) is 0 Å². The predicted molar refractivity (Wildman–Crippen MR) is 64.2 cm³/mol. The third-order valence-corrected chi connectivity index (χ3v) is 3.48. The minimum Gasteiger partial charge on any atom is -0.383 e. The molecule has 0 aliphatic carbocycles. The molecule has 1 fully saturated rings. The lowest BCUT2D eigenvalue weighted by atomic mass is 9.93. The maximum atomic E-state index is 5.20. The monoisotopic (exact) mass is 214 g/mol. The number of hydrogen-bond donors (Lipinski definition) is 1. The average Bonchev–Trinajstić information content (AvgIpc) is 2.27. The molecule has 1 aliphatic rings. The van der Waals surface area contributed by atoms with E-state index in [-0.39, 0.29) is 0 Å². The minimum atomic E-state index is 0.584. The number of hydrogen-bond acceptors (Lipinski definition) is 3. The average molecular weight is 214 g/mol. The first-order chi connectivity index (χ1) is 7.27. The van der Waals surface area contributed by atoms with Crippen LogP contribution in [0.25, 0.3) is 0 Å². The molecule has 90 valence electrons. The van der Waals surface area contributed by atoms with Gasteiger partial charge in [-0.2, -0.15) is 0 Å². The SMILES string of the molecule is CNCCC1CCN(C(C)COC)CC1. The van der Waals surface area contributed by atoms with Crippen molar-refractivity contribution < 1.29 is 4.74 Å². The van der Waals surface area contributed by atoms with Gasteiger partial charge in [0.15, 0.2) is 0 Å². The first kappa shape index (κ1) is 12.9. The highest BCUT2D eigenvalue weighted by Crippen LogP contribution is 2.21. The maximum absolute atomic E-state index is 5.20. The Labute approximate surface area is 94.2 Å². The molecule has 1 atom stereocenters. The highest BCUT2D eigenvalue weighted by molar-refractivity contribution is 4.76. The maximum Gasteiger partial charge on any atom is 0.0615 e. The standard InChI is InChI=1S/C12H26N2O/c1-11(10-15-3)14-8-5-12(6-9-14)4-7-13-2/h11-13H,4-10H2,1-3H3. The zero-order chi connectivity index (χ0) is 11.1. The van der Waals surface area contributed by atoms with Crippen LogP contribution in [0.5, 0.6) is 0 Å². The third kappa shape index (κ3) is 4.49. The Morgan fingerprint density at radius 2 is 2.07 bits per heavy atom. The lowest BCUT2D eigenvalue weighted by molar-refractivity contribution is 0.0724. The Kier molecular flexibility index (Phi) is 6.22. The van der Waals surface area contributed by atoms with Crippen LogP contribution < -0.4 is 5.32 Å². The number of piperidine rings is 1. The number of ether oxygens (including phenoxy) is 1.